The highest BCUT2D eigenvalue weighted by Gasteiger charge is 2.39. The van der Waals surface area contributed by atoms with E-state index in [1.807, 2.05) is 0 Å². The average molecular weight is 439 g/mol. The maximum absolute atomic E-state index is 13.0. The number of carbonyl (C=O) groups excluding carboxylic acids is 1. The zero-order valence-electron chi connectivity index (χ0n) is 10.7. The van der Waals surface area contributed by atoms with Gasteiger partial charge in [0.2, 0.25) is 0 Å². The monoisotopic (exact) mass is 437 g/mol. The first kappa shape index (κ1) is 16.8. The molecule has 22 heavy (non-hydrogen) atoms. The van der Waals surface area contributed by atoms with E-state index in [1.165, 1.54) is 0 Å². The number of para-hydroxylation sites is 1. The van der Waals surface area contributed by atoms with E-state index in [1.54, 1.807) is 30.3 Å². The molecule has 0 fully saturated rings. The molecule has 0 radical (unpaired) electrons. The minimum Gasteiger partial charge on any atom is -0.506 e. The summed E-state index contributed by atoms with van der Waals surface area (Å²) in [5.41, 5.74) is -1.38. The second-order valence-electron chi connectivity index (χ2n) is 4.26. The number of phenols is 1. The summed E-state index contributed by atoms with van der Waals surface area (Å²) in [5, 5.41) is 12.3. The van der Waals surface area contributed by atoms with Crippen molar-refractivity contribution in [2.45, 2.75) is 6.18 Å². The number of aromatic hydroxyl groups is 1. The van der Waals surface area contributed by atoms with Crippen molar-refractivity contribution in [2.24, 2.45) is 0 Å². The van der Waals surface area contributed by atoms with Gasteiger partial charge in [-0.15, -0.1) is 0 Å². The summed E-state index contributed by atoms with van der Waals surface area (Å²) >= 11 is 5.70. The predicted molar refractivity (Wildman–Crippen MR) is 82.9 cm³/mol. The fraction of sp³-hybridized carbons (Fsp3) is 0.0714. The summed E-state index contributed by atoms with van der Waals surface area (Å²) in [6.45, 7) is 0. The maximum Gasteiger partial charge on any atom is 0.421 e. The van der Waals surface area contributed by atoms with E-state index in [-0.39, 0.29) is 8.95 Å². The molecule has 0 saturated heterocycles. The lowest BCUT2D eigenvalue weighted by molar-refractivity contribution is -0.139. The Bertz CT molecular complexity index is 718. The number of amides is 1. The Labute approximate surface area is 140 Å². The van der Waals surface area contributed by atoms with Crippen LogP contribution >= 0.6 is 31.9 Å². The first-order valence-corrected chi connectivity index (χ1v) is 7.45. The van der Waals surface area contributed by atoms with Crippen LogP contribution in [0, 0.1) is 0 Å². The summed E-state index contributed by atoms with van der Waals surface area (Å²) in [4.78, 5) is 12.1. The number of rotatable bonds is 2. The number of nitrogens with one attached hydrogen (secondary N) is 1. The van der Waals surface area contributed by atoms with Crippen molar-refractivity contribution in [1.82, 2.24) is 0 Å². The minimum absolute atomic E-state index is 0.0100. The second-order valence-corrected chi connectivity index (χ2v) is 5.91. The van der Waals surface area contributed by atoms with Crippen molar-refractivity contribution >= 4 is 43.5 Å². The Hall–Kier alpha value is -1.54. The van der Waals surface area contributed by atoms with Crippen molar-refractivity contribution in [2.75, 3.05) is 5.32 Å². The fourth-order valence-corrected chi connectivity index (χ4v) is 2.72. The predicted octanol–water partition coefficient (Wildman–Crippen LogP) is 5.19. The molecule has 0 atom stereocenters. The first-order chi connectivity index (χ1) is 10.2. The quantitative estimate of drug-likeness (QED) is 0.677. The van der Waals surface area contributed by atoms with Crippen LogP contribution in [0.1, 0.15) is 15.9 Å². The highest BCUT2D eigenvalue weighted by atomic mass is 79.9. The molecule has 116 valence electrons. The average Bonchev–Trinajstić information content (AvgIpc) is 2.42. The fourth-order valence-electron chi connectivity index (χ4n) is 1.77. The smallest absolute Gasteiger partial charge is 0.421 e. The third kappa shape index (κ3) is 3.44. The molecular formula is C14H8Br2F3NO2. The van der Waals surface area contributed by atoms with E-state index in [9.17, 15) is 23.1 Å². The van der Waals surface area contributed by atoms with Gasteiger partial charge in [-0.2, -0.15) is 13.2 Å². The van der Waals surface area contributed by atoms with Gasteiger partial charge in [-0.1, -0.05) is 18.2 Å². The van der Waals surface area contributed by atoms with Gasteiger partial charge in [0, 0.05) is 14.6 Å². The molecule has 0 aliphatic carbocycles. The van der Waals surface area contributed by atoms with E-state index in [0.29, 0.717) is 5.69 Å². The molecule has 0 unspecified atom stereocenters. The molecule has 0 saturated carbocycles. The van der Waals surface area contributed by atoms with Gasteiger partial charge in [0.25, 0.3) is 5.91 Å². The number of anilines is 1. The molecule has 0 aromatic heterocycles. The van der Waals surface area contributed by atoms with Gasteiger partial charge in [0.1, 0.15) is 11.3 Å². The normalized spacial score (nSPS) is 11.3. The van der Waals surface area contributed by atoms with Crippen LogP contribution in [-0.2, 0) is 6.18 Å². The van der Waals surface area contributed by atoms with Crippen molar-refractivity contribution in [3.8, 4) is 5.75 Å². The zero-order chi connectivity index (χ0) is 16.5. The van der Waals surface area contributed by atoms with Gasteiger partial charge in [-0.3, -0.25) is 4.79 Å². The molecule has 2 N–H and O–H groups in total. The molecule has 3 nitrogen and oxygen atoms in total. The van der Waals surface area contributed by atoms with E-state index in [0.717, 1.165) is 6.07 Å². The largest absolute Gasteiger partial charge is 0.506 e. The Morgan fingerprint density at radius 3 is 2.27 bits per heavy atom. The zero-order valence-corrected chi connectivity index (χ0v) is 13.9. The van der Waals surface area contributed by atoms with Crippen molar-refractivity contribution < 1.29 is 23.1 Å². The Morgan fingerprint density at radius 1 is 1.14 bits per heavy atom. The molecular weight excluding hydrogens is 431 g/mol. The molecule has 2 rings (SSSR count). The van der Waals surface area contributed by atoms with E-state index < -0.39 is 29.0 Å². The standard InChI is InChI=1S/C14H8Br2F3NO2/c15-9-6-8(12(21)10(11(9)16)14(17,18)19)13(22)20-7-4-2-1-3-5-7/h1-6,21H,(H,20,22). The lowest BCUT2D eigenvalue weighted by atomic mass is 10.1. The van der Waals surface area contributed by atoms with E-state index >= 15 is 0 Å². The summed E-state index contributed by atoms with van der Waals surface area (Å²) < 4.78 is 38.7. The molecule has 0 aliphatic rings. The Kier molecular flexibility index (Phi) is 4.81. The van der Waals surface area contributed by atoms with Crippen molar-refractivity contribution in [3.05, 3.63) is 56.5 Å². The second kappa shape index (κ2) is 6.29. The van der Waals surface area contributed by atoms with Gasteiger partial charge in [0.05, 0.1) is 5.56 Å². The number of phenolic OH excluding ortho intramolecular Hbond substituents is 1. The topological polar surface area (TPSA) is 49.3 Å². The third-order valence-electron chi connectivity index (χ3n) is 2.75. The molecule has 0 heterocycles. The van der Waals surface area contributed by atoms with Gasteiger partial charge in [0.15, 0.2) is 0 Å². The molecule has 0 bridgehead atoms. The number of halogens is 5. The van der Waals surface area contributed by atoms with Crippen LogP contribution in [0.2, 0.25) is 0 Å². The number of carbonyl (C=O) groups is 1. The molecule has 1 amide bonds. The van der Waals surface area contributed by atoms with Crippen LogP contribution < -0.4 is 5.32 Å². The molecule has 0 aliphatic heterocycles. The van der Waals surface area contributed by atoms with Crippen molar-refractivity contribution in [3.63, 3.8) is 0 Å². The Morgan fingerprint density at radius 2 is 1.73 bits per heavy atom. The number of hydrogen-bond acceptors (Lipinski definition) is 2. The summed E-state index contributed by atoms with van der Waals surface area (Å²) in [5.74, 6) is -1.97. The summed E-state index contributed by atoms with van der Waals surface area (Å²) in [6, 6.07) is 9.32. The minimum atomic E-state index is -4.81. The van der Waals surface area contributed by atoms with Crippen LogP contribution in [0.25, 0.3) is 0 Å². The summed E-state index contributed by atoms with van der Waals surface area (Å²) in [7, 11) is 0. The molecule has 8 heteroatoms. The van der Waals surface area contributed by atoms with Crippen LogP contribution in [0.5, 0.6) is 5.75 Å². The van der Waals surface area contributed by atoms with Gasteiger partial charge in [-0.25, -0.2) is 0 Å². The number of alkyl halides is 3. The lowest BCUT2D eigenvalue weighted by Gasteiger charge is -2.16. The molecule has 0 spiro atoms. The number of benzene rings is 2. The van der Waals surface area contributed by atoms with Crippen LogP contribution in [0.4, 0.5) is 18.9 Å². The first-order valence-electron chi connectivity index (χ1n) is 5.86. The van der Waals surface area contributed by atoms with Crippen LogP contribution in [0.3, 0.4) is 0 Å². The van der Waals surface area contributed by atoms with Crippen LogP contribution in [0.15, 0.2) is 45.3 Å². The highest BCUT2D eigenvalue weighted by Crippen LogP contribution is 2.45. The Balaban J connectivity index is 2.48. The third-order valence-corrected chi connectivity index (χ3v) is 4.73. The van der Waals surface area contributed by atoms with E-state index in [4.69, 9.17) is 0 Å². The lowest BCUT2D eigenvalue weighted by Crippen LogP contribution is -2.15. The van der Waals surface area contributed by atoms with Gasteiger partial charge in [-0.05, 0) is 50.1 Å². The van der Waals surface area contributed by atoms with E-state index in [2.05, 4.69) is 37.2 Å². The number of hydrogen-bond donors (Lipinski definition) is 2. The van der Waals surface area contributed by atoms with Gasteiger partial charge >= 0.3 is 6.18 Å². The van der Waals surface area contributed by atoms with Gasteiger partial charge < -0.3 is 10.4 Å². The maximum atomic E-state index is 13.0. The van der Waals surface area contributed by atoms with Crippen LogP contribution in [-0.4, -0.2) is 11.0 Å². The van der Waals surface area contributed by atoms with Crippen molar-refractivity contribution in [1.29, 1.82) is 0 Å². The molecule has 2 aromatic carbocycles. The summed E-state index contributed by atoms with van der Waals surface area (Å²) in [6.07, 6.45) is -4.81. The highest BCUT2D eigenvalue weighted by molar-refractivity contribution is 9.13. The SMILES string of the molecule is O=C(Nc1ccccc1)c1cc(Br)c(Br)c(C(F)(F)F)c1O. The molecule has 2 aromatic rings.